The van der Waals surface area contributed by atoms with E-state index in [0.717, 1.165) is 16.5 Å². The largest absolute Gasteiger partial charge is 0.336 e. The Kier molecular flexibility index (Phi) is 2.06. The van der Waals surface area contributed by atoms with E-state index >= 15 is 0 Å². The molecule has 0 spiro atoms. The zero-order chi connectivity index (χ0) is 7.56. The Morgan fingerprint density at radius 2 is 2.50 bits per heavy atom. The molecule has 54 valence electrons. The molecule has 10 heavy (non-hydrogen) atoms. The molecular weight excluding hydrogens is 144 g/mol. The number of hydrogen-bond donors (Lipinski definition) is 1. The van der Waals surface area contributed by atoms with Crippen LogP contribution >= 0.6 is 11.3 Å². The number of anilines is 1. The summed E-state index contributed by atoms with van der Waals surface area (Å²) >= 11 is 1.59. The smallest absolute Gasteiger partial charge is 0.187 e. The third kappa shape index (κ3) is 1.84. The van der Waals surface area contributed by atoms with Gasteiger partial charge < -0.3 is 5.32 Å². The lowest BCUT2D eigenvalue weighted by molar-refractivity contribution is 1.24. The van der Waals surface area contributed by atoms with Crippen LogP contribution in [0.3, 0.4) is 0 Å². The molecule has 1 N–H and O–H groups in total. The highest BCUT2D eigenvalue weighted by molar-refractivity contribution is 7.13. The summed E-state index contributed by atoms with van der Waals surface area (Å²) in [6.07, 6.45) is 0. The summed E-state index contributed by atoms with van der Waals surface area (Å²) in [6.45, 7) is 7.60. The lowest BCUT2D eigenvalue weighted by Crippen LogP contribution is -1.91. The molecule has 0 amide bonds. The van der Waals surface area contributed by atoms with Crippen molar-refractivity contribution in [3.63, 3.8) is 0 Å². The minimum Gasteiger partial charge on any atom is -0.336 e. The van der Waals surface area contributed by atoms with Gasteiger partial charge in [0.25, 0.3) is 0 Å². The SMILES string of the molecule is C=C(C)Nc1nc(C)cs1. The maximum atomic E-state index is 4.20. The summed E-state index contributed by atoms with van der Waals surface area (Å²) in [7, 11) is 0. The molecule has 0 aliphatic heterocycles. The second-order valence-electron chi connectivity index (χ2n) is 2.20. The van der Waals surface area contributed by atoms with Crippen LogP contribution in [0.2, 0.25) is 0 Å². The van der Waals surface area contributed by atoms with Gasteiger partial charge in [-0.05, 0) is 13.8 Å². The normalized spacial score (nSPS) is 9.40. The predicted octanol–water partition coefficient (Wildman–Crippen LogP) is 2.40. The quantitative estimate of drug-likeness (QED) is 0.707. The molecule has 1 aromatic rings. The van der Waals surface area contributed by atoms with E-state index in [1.165, 1.54) is 0 Å². The monoisotopic (exact) mass is 154 g/mol. The van der Waals surface area contributed by atoms with Gasteiger partial charge in [-0.15, -0.1) is 11.3 Å². The van der Waals surface area contributed by atoms with E-state index in [1.807, 2.05) is 19.2 Å². The molecule has 0 bridgehead atoms. The molecule has 0 aliphatic rings. The van der Waals surface area contributed by atoms with Gasteiger partial charge in [0, 0.05) is 11.1 Å². The van der Waals surface area contributed by atoms with Crippen LogP contribution in [0.4, 0.5) is 5.13 Å². The van der Waals surface area contributed by atoms with Crippen molar-refractivity contribution in [3.8, 4) is 0 Å². The Balaban J connectivity index is 2.67. The standard InChI is InChI=1S/C7H10N2S/c1-5(2)8-7-9-6(3)4-10-7/h4H,1H2,2-3H3,(H,8,9). The van der Waals surface area contributed by atoms with Crippen molar-refractivity contribution in [1.82, 2.24) is 4.98 Å². The van der Waals surface area contributed by atoms with Crippen LogP contribution < -0.4 is 5.32 Å². The van der Waals surface area contributed by atoms with Crippen molar-refractivity contribution in [1.29, 1.82) is 0 Å². The zero-order valence-electron chi connectivity index (χ0n) is 6.14. The first-order valence-electron chi connectivity index (χ1n) is 3.03. The van der Waals surface area contributed by atoms with Gasteiger partial charge in [-0.2, -0.15) is 0 Å². The Morgan fingerprint density at radius 1 is 1.80 bits per heavy atom. The second kappa shape index (κ2) is 2.84. The molecule has 0 aliphatic carbocycles. The Morgan fingerprint density at radius 3 is 2.90 bits per heavy atom. The first-order chi connectivity index (χ1) is 4.68. The average molecular weight is 154 g/mol. The topological polar surface area (TPSA) is 24.9 Å². The van der Waals surface area contributed by atoms with E-state index < -0.39 is 0 Å². The molecule has 0 saturated carbocycles. The van der Waals surface area contributed by atoms with E-state index in [9.17, 15) is 0 Å². The Bertz CT molecular complexity index is 240. The van der Waals surface area contributed by atoms with Crippen LogP contribution in [0.25, 0.3) is 0 Å². The molecule has 0 saturated heterocycles. The number of aromatic nitrogens is 1. The molecule has 0 fully saturated rings. The first kappa shape index (κ1) is 7.28. The number of hydrogen-bond acceptors (Lipinski definition) is 3. The summed E-state index contributed by atoms with van der Waals surface area (Å²) in [4.78, 5) is 4.20. The molecule has 1 heterocycles. The van der Waals surface area contributed by atoms with Gasteiger partial charge in [-0.25, -0.2) is 4.98 Å². The highest BCUT2D eigenvalue weighted by Crippen LogP contribution is 2.15. The highest BCUT2D eigenvalue weighted by atomic mass is 32.1. The van der Waals surface area contributed by atoms with E-state index in [4.69, 9.17) is 0 Å². The molecule has 2 nitrogen and oxygen atoms in total. The van der Waals surface area contributed by atoms with Gasteiger partial charge in [0.2, 0.25) is 0 Å². The van der Waals surface area contributed by atoms with Crippen LogP contribution in [0.1, 0.15) is 12.6 Å². The number of nitrogens with one attached hydrogen (secondary N) is 1. The molecule has 1 rings (SSSR count). The fourth-order valence-corrected chi connectivity index (χ4v) is 1.36. The van der Waals surface area contributed by atoms with Crippen molar-refractivity contribution in [3.05, 3.63) is 23.3 Å². The fraction of sp³-hybridized carbons (Fsp3) is 0.286. The van der Waals surface area contributed by atoms with Crippen molar-refractivity contribution in [2.24, 2.45) is 0 Å². The third-order valence-electron chi connectivity index (χ3n) is 0.939. The number of allylic oxidation sites excluding steroid dienone is 1. The molecular formula is C7H10N2S. The van der Waals surface area contributed by atoms with Gasteiger partial charge in [0.05, 0.1) is 5.69 Å². The molecule has 0 radical (unpaired) electrons. The minimum absolute atomic E-state index is 0.921. The van der Waals surface area contributed by atoms with E-state index in [0.29, 0.717) is 0 Å². The van der Waals surface area contributed by atoms with Crippen LogP contribution in [0.15, 0.2) is 17.7 Å². The van der Waals surface area contributed by atoms with Crippen LogP contribution in [-0.4, -0.2) is 4.98 Å². The van der Waals surface area contributed by atoms with Gasteiger partial charge in [0.15, 0.2) is 5.13 Å². The highest BCUT2D eigenvalue weighted by Gasteiger charge is 1.94. The van der Waals surface area contributed by atoms with E-state index in [-0.39, 0.29) is 0 Å². The Labute approximate surface area is 64.6 Å². The summed E-state index contributed by atoms with van der Waals surface area (Å²) in [5, 5.41) is 5.97. The van der Waals surface area contributed by atoms with Crippen molar-refractivity contribution in [2.45, 2.75) is 13.8 Å². The van der Waals surface area contributed by atoms with Gasteiger partial charge in [-0.3, -0.25) is 0 Å². The summed E-state index contributed by atoms with van der Waals surface area (Å²) < 4.78 is 0. The van der Waals surface area contributed by atoms with Crippen LogP contribution in [0.5, 0.6) is 0 Å². The van der Waals surface area contributed by atoms with Crippen LogP contribution in [0, 0.1) is 6.92 Å². The summed E-state index contributed by atoms with van der Waals surface area (Å²) in [6, 6.07) is 0. The molecule has 1 aromatic heterocycles. The van der Waals surface area contributed by atoms with Gasteiger partial charge in [-0.1, -0.05) is 6.58 Å². The lowest BCUT2D eigenvalue weighted by atomic mass is 10.6. The molecule has 0 atom stereocenters. The zero-order valence-corrected chi connectivity index (χ0v) is 6.96. The second-order valence-corrected chi connectivity index (χ2v) is 3.06. The van der Waals surface area contributed by atoms with Crippen molar-refractivity contribution in [2.75, 3.05) is 5.32 Å². The Hall–Kier alpha value is -0.830. The number of aryl methyl sites for hydroxylation is 1. The maximum Gasteiger partial charge on any atom is 0.187 e. The van der Waals surface area contributed by atoms with Gasteiger partial charge >= 0.3 is 0 Å². The minimum atomic E-state index is 0.921. The van der Waals surface area contributed by atoms with Crippen molar-refractivity contribution >= 4 is 16.5 Å². The van der Waals surface area contributed by atoms with Crippen molar-refractivity contribution < 1.29 is 0 Å². The average Bonchev–Trinajstić information content (AvgIpc) is 2.13. The van der Waals surface area contributed by atoms with E-state index in [1.54, 1.807) is 11.3 Å². The van der Waals surface area contributed by atoms with E-state index in [2.05, 4.69) is 16.9 Å². The number of thiazole rings is 1. The third-order valence-corrected chi connectivity index (χ3v) is 1.81. The first-order valence-corrected chi connectivity index (χ1v) is 3.91. The van der Waals surface area contributed by atoms with Crippen LogP contribution in [-0.2, 0) is 0 Å². The maximum absolute atomic E-state index is 4.20. The molecule has 3 heteroatoms. The number of rotatable bonds is 2. The molecule has 0 aromatic carbocycles. The number of nitrogens with zero attached hydrogens (tertiary/aromatic N) is 1. The summed E-state index contributed by atoms with van der Waals surface area (Å²) in [5.74, 6) is 0. The molecule has 0 unspecified atom stereocenters. The fourth-order valence-electron chi connectivity index (χ4n) is 0.594. The van der Waals surface area contributed by atoms with Gasteiger partial charge in [0.1, 0.15) is 0 Å². The summed E-state index contributed by atoms with van der Waals surface area (Å²) in [5.41, 5.74) is 1.98. The lowest BCUT2D eigenvalue weighted by Gasteiger charge is -1.96. The predicted molar refractivity (Wildman–Crippen MR) is 45.3 cm³/mol.